The van der Waals surface area contributed by atoms with Crippen LogP contribution in [-0.4, -0.2) is 34.8 Å². The Kier molecular flexibility index (Phi) is 9.50. The quantitative estimate of drug-likeness (QED) is 0.259. The molecule has 1 amide bonds. The van der Waals surface area contributed by atoms with E-state index < -0.39 is 22.8 Å². The van der Waals surface area contributed by atoms with Gasteiger partial charge in [0.05, 0.1) is 17.3 Å². The molecule has 2 N–H and O–H groups in total. The van der Waals surface area contributed by atoms with Crippen molar-refractivity contribution < 1.29 is 29.0 Å². The van der Waals surface area contributed by atoms with E-state index >= 15 is 0 Å². The minimum atomic E-state index is -1.17. The molecule has 51 heavy (non-hydrogen) atoms. The molecule has 0 aromatic heterocycles. The van der Waals surface area contributed by atoms with Crippen molar-refractivity contribution in [3.05, 3.63) is 46.0 Å². The first kappa shape index (κ1) is 38.1. The highest BCUT2D eigenvalue weighted by molar-refractivity contribution is 6.30. The SMILES string of the molecule is CC(C)C1=C2[C@H]3CC[C@@H]4[C@@]5(C)CC[C@H](OC(=O)CC(C)(C)C(=O)O)C(C)(C)[C@@H]5CC[C@@]4(C)[C@]3(C)CC[C@@]2(C(=O)NCc2cccc(Cl)c2)CC1=O. The van der Waals surface area contributed by atoms with Crippen LogP contribution in [0.3, 0.4) is 0 Å². The lowest BCUT2D eigenvalue weighted by molar-refractivity contribution is -0.233. The monoisotopic (exact) mass is 721 g/mol. The third-order valence-corrected chi connectivity index (χ3v) is 15.8. The number of amides is 1. The largest absolute Gasteiger partial charge is 0.481 e. The van der Waals surface area contributed by atoms with Crippen LogP contribution in [-0.2, 0) is 30.5 Å². The van der Waals surface area contributed by atoms with Gasteiger partial charge in [-0.15, -0.1) is 0 Å². The first-order valence-electron chi connectivity index (χ1n) is 19.4. The molecule has 4 saturated carbocycles. The Balaban J connectivity index is 1.29. The summed E-state index contributed by atoms with van der Waals surface area (Å²) in [5.41, 5.74) is 0.735. The van der Waals surface area contributed by atoms with Crippen molar-refractivity contribution in [3.63, 3.8) is 0 Å². The summed E-state index contributed by atoms with van der Waals surface area (Å²) in [7, 11) is 0. The second kappa shape index (κ2) is 12.7. The molecule has 0 radical (unpaired) electrons. The van der Waals surface area contributed by atoms with Gasteiger partial charge in [0.1, 0.15) is 6.10 Å². The van der Waals surface area contributed by atoms with E-state index in [-0.39, 0.29) is 64.1 Å². The maximum Gasteiger partial charge on any atom is 0.309 e. The number of Topliss-reactive ketones (excluding diaryl/α,β-unsaturated/α-hetero) is 1. The lowest BCUT2D eigenvalue weighted by atomic mass is 9.33. The number of ether oxygens (including phenoxy) is 1. The van der Waals surface area contributed by atoms with Crippen molar-refractivity contribution in [1.29, 1.82) is 0 Å². The standard InChI is InChI=1S/C43H60ClNO6/c1-25(2)34-29(46)22-43(36(48)45-24-26-11-10-12-27(44)21-26)20-19-41(8)28(35(34)43)13-14-31-40(7)17-16-32(51-33(47)23-38(3,4)37(49)50)39(5,6)30(40)15-18-42(31,41)9/h10-12,21,25,28,30-32H,13-20,22-24H2,1-9H3,(H,45,48)(H,49,50)/t28-,30+,31-,32+,40+,41-,42-,43-/m1/s1. The number of hydrogen-bond donors (Lipinski definition) is 2. The predicted octanol–water partition coefficient (Wildman–Crippen LogP) is 9.35. The third-order valence-electron chi connectivity index (χ3n) is 15.6. The number of fused-ring (bicyclic) bond motifs is 7. The fourth-order valence-electron chi connectivity index (χ4n) is 12.7. The number of carbonyl (C=O) groups is 4. The summed E-state index contributed by atoms with van der Waals surface area (Å²) in [4.78, 5) is 53.2. The average Bonchev–Trinajstić information content (AvgIpc) is 3.34. The molecule has 5 aliphatic carbocycles. The third kappa shape index (κ3) is 5.81. The lowest BCUT2D eigenvalue weighted by Crippen LogP contribution is -2.66. The number of carbonyl (C=O) groups excluding carboxylic acids is 3. The van der Waals surface area contributed by atoms with Crippen LogP contribution >= 0.6 is 11.6 Å². The first-order valence-corrected chi connectivity index (χ1v) is 19.8. The number of carboxylic acids is 1. The van der Waals surface area contributed by atoms with Crippen molar-refractivity contribution >= 4 is 35.2 Å². The first-order chi connectivity index (χ1) is 23.6. The Bertz CT molecular complexity index is 1660. The van der Waals surface area contributed by atoms with E-state index in [4.69, 9.17) is 16.3 Å². The number of nitrogens with one attached hydrogen (secondary N) is 1. The highest BCUT2D eigenvalue weighted by Crippen LogP contribution is 2.76. The highest BCUT2D eigenvalue weighted by atomic mass is 35.5. The number of allylic oxidation sites excluding steroid dienone is 1. The summed E-state index contributed by atoms with van der Waals surface area (Å²) in [6.45, 7) is 19.8. The van der Waals surface area contributed by atoms with Crippen LogP contribution in [0, 0.1) is 56.2 Å². The highest BCUT2D eigenvalue weighted by Gasteiger charge is 2.71. The van der Waals surface area contributed by atoms with Crippen LogP contribution in [0.15, 0.2) is 35.4 Å². The second-order valence-electron chi connectivity index (χ2n) is 19.3. The predicted molar refractivity (Wildman–Crippen MR) is 199 cm³/mol. The van der Waals surface area contributed by atoms with Crippen LogP contribution in [0.5, 0.6) is 0 Å². The molecule has 0 saturated heterocycles. The molecule has 7 nitrogen and oxygen atoms in total. The second-order valence-corrected chi connectivity index (χ2v) is 19.7. The molecule has 1 aromatic carbocycles. The van der Waals surface area contributed by atoms with Crippen molar-refractivity contribution in [2.45, 2.75) is 139 Å². The van der Waals surface area contributed by atoms with Crippen molar-refractivity contribution in [1.82, 2.24) is 5.32 Å². The summed E-state index contributed by atoms with van der Waals surface area (Å²) in [6, 6.07) is 7.57. The molecular formula is C43H60ClNO6. The smallest absolute Gasteiger partial charge is 0.309 e. The number of benzene rings is 1. The number of ketones is 1. The van der Waals surface area contributed by atoms with Crippen molar-refractivity contribution in [2.24, 2.45) is 56.2 Å². The van der Waals surface area contributed by atoms with E-state index in [0.717, 1.165) is 61.7 Å². The van der Waals surface area contributed by atoms with Gasteiger partial charge in [-0.3, -0.25) is 19.2 Å². The van der Waals surface area contributed by atoms with Crippen LogP contribution in [0.25, 0.3) is 0 Å². The molecule has 4 fully saturated rings. The van der Waals surface area contributed by atoms with Gasteiger partial charge >= 0.3 is 11.9 Å². The van der Waals surface area contributed by atoms with Gasteiger partial charge in [-0.25, -0.2) is 0 Å². The van der Waals surface area contributed by atoms with Crippen LogP contribution in [0.1, 0.15) is 132 Å². The van der Waals surface area contributed by atoms with Crippen LogP contribution in [0.4, 0.5) is 0 Å². The summed E-state index contributed by atoms with van der Waals surface area (Å²) in [5.74, 6) is -0.286. The molecule has 0 spiro atoms. The number of halogens is 1. The van der Waals surface area contributed by atoms with Crippen molar-refractivity contribution in [2.75, 3.05) is 0 Å². The van der Waals surface area contributed by atoms with Gasteiger partial charge in [-0.1, -0.05) is 72.2 Å². The van der Waals surface area contributed by atoms with E-state index in [0.29, 0.717) is 29.8 Å². The van der Waals surface area contributed by atoms with E-state index in [9.17, 15) is 24.3 Å². The number of carboxylic acid groups (broad SMARTS) is 1. The van der Waals surface area contributed by atoms with E-state index in [1.54, 1.807) is 13.8 Å². The molecule has 8 heteroatoms. The van der Waals surface area contributed by atoms with E-state index in [1.165, 1.54) is 0 Å². The lowest BCUT2D eigenvalue weighted by Gasteiger charge is -2.72. The van der Waals surface area contributed by atoms with Crippen molar-refractivity contribution in [3.8, 4) is 0 Å². The Morgan fingerprint density at radius 1 is 0.961 bits per heavy atom. The molecule has 0 aliphatic heterocycles. The Labute approximate surface area is 310 Å². The Morgan fingerprint density at radius 3 is 2.31 bits per heavy atom. The summed E-state index contributed by atoms with van der Waals surface area (Å²) in [6.07, 6.45) is 7.24. The summed E-state index contributed by atoms with van der Waals surface area (Å²) < 4.78 is 6.15. The van der Waals surface area contributed by atoms with Gasteiger partial charge in [-0.05, 0) is 134 Å². The minimum Gasteiger partial charge on any atom is -0.481 e. The maximum atomic E-state index is 14.4. The molecule has 5 aliphatic rings. The summed E-state index contributed by atoms with van der Waals surface area (Å²) >= 11 is 6.25. The summed E-state index contributed by atoms with van der Waals surface area (Å²) in [5, 5.41) is 13.5. The molecule has 1 aromatic rings. The number of esters is 1. The molecule has 8 atom stereocenters. The van der Waals surface area contributed by atoms with Gasteiger partial charge in [0.2, 0.25) is 5.91 Å². The van der Waals surface area contributed by atoms with Gasteiger partial charge in [-0.2, -0.15) is 0 Å². The number of hydrogen-bond acceptors (Lipinski definition) is 5. The normalized spacial score (nSPS) is 37.2. The molecule has 280 valence electrons. The topological polar surface area (TPSA) is 110 Å². The fraction of sp³-hybridized carbons (Fsp3) is 0.721. The zero-order valence-electron chi connectivity index (χ0n) is 32.3. The number of aliphatic carboxylic acids is 1. The Morgan fingerprint density at radius 2 is 1.67 bits per heavy atom. The van der Waals surface area contributed by atoms with Crippen LogP contribution in [0.2, 0.25) is 5.02 Å². The Hall–Kier alpha value is -2.67. The van der Waals surface area contributed by atoms with Crippen LogP contribution < -0.4 is 5.32 Å². The minimum absolute atomic E-state index is 0.0103. The molecule has 0 bridgehead atoms. The zero-order chi connectivity index (χ0) is 37.5. The van der Waals surface area contributed by atoms with Gasteiger partial charge in [0, 0.05) is 23.4 Å². The zero-order valence-corrected chi connectivity index (χ0v) is 33.1. The van der Waals surface area contributed by atoms with Gasteiger partial charge < -0.3 is 15.2 Å². The van der Waals surface area contributed by atoms with E-state index in [2.05, 4.69) is 53.8 Å². The molecule has 0 unspecified atom stereocenters. The molecule has 0 heterocycles. The van der Waals surface area contributed by atoms with Gasteiger partial charge in [0.15, 0.2) is 5.78 Å². The molecule has 6 rings (SSSR count). The van der Waals surface area contributed by atoms with E-state index in [1.807, 2.05) is 24.3 Å². The molecular weight excluding hydrogens is 662 g/mol. The van der Waals surface area contributed by atoms with Gasteiger partial charge in [0.25, 0.3) is 0 Å². The number of rotatable bonds is 8. The fourth-order valence-corrected chi connectivity index (χ4v) is 12.9. The maximum absolute atomic E-state index is 14.4. The average molecular weight is 722 g/mol.